The Balaban J connectivity index is 1.65. The van der Waals surface area contributed by atoms with Gasteiger partial charge < -0.3 is 19.7 Å². The van der Waals surface area contributed by atoms with Gasteiger partial charge in [0, 0.05) is 11.6 Å². The minimum Gasteiger partial charge on any atom is -0.496 e. The number of ether oxygens (including phenoxy) is 2. The van der Waals surface area contributed by atoms with Crippen molar-refractivity contribution in [3.63, 3.8) is 0 Å². The molecule has 1 aliphatic rings. The number of aromatic carboxylic acids is 1. The van der Waals surface area contributed by atoms with Gasteiger partial charge >= 0.3 is 5.97 Å². The maximum atomic E-state index is 13.2. The van der Waals surface area contributed by atoms with E-state index in [1.165, 1.54) is 31.4 Å². The van der Waals surface area contributed by atoms with E-state index in [9.17, 15) is 23.8 Å². The molecule has 7 nitrogen and oxygen atoms in total. The number of aliphatic hydroxyl groups is 1. The summed E-state index contributed by atoms with van der Waals surface area (Å²) >= 11 is 0. The summed E-state index contributed by atoms with van der Waals surface area (Å²) in [5.74, 6) is -1.08. The number of rotatable bonds is 9. The average Bonchev–Trinajstić information content (AvgIpc) is 3.46. The third-order valence-corrected chi connectivity index (χ3v) is 6.04. The van der Waals surface area contributed by atoms with Crippen molar-refractivity contribution in [1.82, 2.24) is 9.78 Å². The zero-order valence-corrected chi connectivity index (χ0v) is 18.2. The van der Waals surface area contributed by atoms with Gasteiger partial charge in [0.25, 0.3) is 6.43 Å². The molecule has 1 heterocycles. The average molecular weight is 460 g/mol. The van der Waals surface area contributed by atoms with Crippen LogP contribution in [0.2, 0.25) is 0 Å². The highest BCUT2D eigenvalue weighted by Crippen LogP contribution is 2.34. The lowest BCUT2D eigenvalue weighted by molar-refractivity contribution is -0.0844. The van der Waals surface area contributed by atoms with E-state index in [-0.39, 0.29) is 29.5 Å². The van der Waals surface area contributed by atoms with E-state index in [4.69, 9.17) is 9.47 Å². The second-order valence-corrected chi connectivity index (χ2v) is 8.23. The normalized spacial score (nSPS) is 16.4. The molecule has 0 saturated heterocycles. The lowest BCUT2D eigenvalue weighted by atomic mass is 10.0. The number of methoxy groups -OCH3 is 1. The number of hydrogen-bond donors (Lipinski definition) is 2. The Labute approximate surface area is 189 Å². The number of halogens is 2. The Morgan fingerprint density at radius 3 is 2.67 bits per heavy atom. The fraction of sp³-hybridized carbons (Fsp3) is 0.417. The zero-order chi connectivity index (χ0) is 23.5. The smallest absolute Gasteiger partial charge is 0.337 e. The van der Waals surface area contributed by atoms with Gasteiger partial charge in [-0.2, -0.15) is 5.10 Å². The molecule has 4 rings (SSSR count). The van der Waals surface area contributed by atoms with Crippen LogP contribution in [0.4, 0.5) is 8.78 Å². The fourth-order valence-corrected chi connectivity index (χ4v) is 4.34. The third-order valence-electron chi connectivity index (χ3n) is 6.04. The summed E-state index contributed by atoms with van der Waals surface area (Å²) in [7, 11) is 1.30. The lowest BCUT2D eigenvalue weighted by Crippen LogP contribution is -2.31. The molecule has 1 saturated carbocycles. The molecule has 1 aromatic heterocycles. The number of fused-ring (bicyclic) bond motifs is 1. The molecule has 2 aromatic carbocycles. The van der Waals surface area contributed by atoms with E-state index in [1.54, 1.807) is 23.0 Å². The summed E-state index contributed by atoms with van der Waals surface area (Å²) < 4.78 is 39.4. The molecule has 33 heavy (non-hydrogen) atoms. The van der Waals surface area contributed by atoms with Gasteiger partial charge in [-0.15, -0.1) is 0 Å². The highest BCUT2D eigenvalue weighted by atomic mass is 19.3. The van der Waals surface area contributed by atoms with Crippen LogP contribution in [-0.4, -0.2) is 45.3 Å². The van der Waals surface area contributed by atoms with Gasteiger partial charge in [0.15, 0.2) is 0 Å². The number of aromatic nitrogens is 2. The van der Waals surface area contributed by atoms with Crippen LogP contribution in [0.5, 0.6) is 5.75 Å². The summed E-state index contributed by atoms with van der Waals surface area (Å²) in [4.78, 5) is 11.5. The summed E-state index contributed by atoms with van der Waals surface area (Å²) in [5.41, 5.74) is 0.581. The summed E-state index contributed by atoms with van der Waals surface area (Å²) in [6.07, 6.45) is 0.969. The Bertz CT molecular complexity index is 1130. The van der Waals surface area contributed by atoms with Crippen molar-refractivity contribution in [2.45, 2.75) is 57.0 Å². The lowest BCUT2D eigenvalue weighted by Gasteiger charge is -2.27. The molecule has 0 unspecified atom stereocenters. The Kier molecular flexibility index (Phi) is 6.90. The molecule has 2 atom stereocenters. The molecule has 9 heteroatoms. The highest BCUT2D eigenvalue weighted by Gasteiger charge is 2.29. The van der Waals surface area contributed by atoms with Crippen molar-refractivity contribution in [2.75, 3.05) is 7.11 Å². The number of alkyl halides is 2. The molecular formula is C24H26F2N2O5. The van der Waals surface area contributed by atoms with Crippen molar-refractivity contribution < 1.29 is 33.3 Å². The van der Waals surface area contributed by atoms with Gasteiger partial charge in [0.05, 0.1) is 30.9 Å². The number of nitrogens with zero attached hydrogens (tertiary/aromatic N) is 2. The molecule has 176 valence electrons. The van der Waals surface area contributed by atoms with Crippen molar-refractivity contribution >= 4 is 16.9 Å². The van der Waals surface area contributed by atoms with Crippen LogP contribution >= 0.6 is 0 Å². The maximum Gasteiger partial charge on any atom is 0.337 e. The Hall–Kier alpha value is -3.04. The number of carboxylic acids is 1. The predicted molar refractivity (Wildman–Crippen MR) is 117 cm³/mol. The summed E-state index contributed by atoms with van der Waals surface area (Å²) in [6, 6.07) is 9.00. The van der Waals surface area contributed by atoms with Gasteiger partial charge in [-0.05, 0) is 36.6 Å². The van der Waals surface area contributed by atoms with Crippen molar-refractivity contribution in [1.29, 1.82) is 0 Å². The van der Waals surface area contributed by atoms with Crippen LogP contribution in [0.1, 0.15) is 59.7 Å². The Morgan fingerprint density at radius 1 is 1.24 bits per heavy atom. The number of carbonyl (C=O) groups is 1. The van der Waals surface area contributed by atoms with Gasteiger partial charge in [-0.3, -0.25) is 4.68 Å². The minimum atomic E-state index is -2.70. The molecule has 0 spiro atoms. The third kappa shape index (κ3) is 4.99. The van der Waals surface area contributed by atoms with E-state index in [1.807, 2.05) is 0 Å². The highest BCUT2D eigenvalue weighted by molar-refractivity contribution is 6.01. The molecular weight excluding hydrogens is 434 g/mol. The second kappa shape index (κ2) is 9.84. The van der Waals surface area contributed by atoms with E-state index < -0.39 is 24.6 Å². The molecule has 3 aromatic rings. The van der Waals surface area contributed by atoms with Crippen molar-refractivity contribution in [3.8, 4) is 5.75 Å². The number of hydrogen-bond acceptors (Lipinski definition) is 5. The van der Waals surface area contributed by atoms with E-state index in [0.29, 0.717) is 16.5 Å². The first-order valence-corrected chi connectivity index (χ1v) is 10.9. The molecule has 0 amide bonds. The first-order chi connectivity index (χ1) is 15.9. The summed E-state index contributed by atoms with van der Waals surface area (Å²) in [6.45, 7) is 0.157. The molecule has 0 radical (unpaired) electrons. The first kappa shape index (κ1) is 23.1. The van der Waals surface area contributed by atoms with Gasteiger partial charge in [0.2, 0.25) is 0 Å². The molecule has 1 fully saturated rings. The molecule has 2 N–H and O–H groups in total. The number of carboxylic acid groups (broad SMARTS) is 1. The van der Waals surface area contributed by atoms with Crippen LogP contribution in [0.25, 0.3) is 10.9 Å². The van der Waals surface area contributed by atoms with E-state index in [0.717, 1.165) is 25.7 Å². The van der Waals surface area contributed by atoms with Crippen LogP contribution < -0.4 is 4.74 Å². The fourth-order valence-electron chi connectivity index (χ4n) is 4.34. The Morgan fingerprint density at radius 2 is 2.00 bits per heavy atom. The van der Waals surface area contributed by atoms with Gasteiger partial charge in [-0.25, -0.2) is 13.6 Å². The maximum absolute atomic E-state index is 13.2. The zero-order valence-electron chi connectivity index (χ0n) is 18.2. The number of aliphatic hydroxyl groups excluding tert-OH is 1. The SMILES string of the molecule is COc1cc([C@@H](O)[C@H](Cn2cc3cccc(C(=O)O)c3n2)OC2CCCC2)ccc1C(F)F. The second-order valence-electron chi connectivity index (χ2n) is 8.23. The van der Waals surface area contributed by atoms with Crippen LogP contribution in [-0.2, 0) is 11.3 Å². The van der Waals surface area contributed by atoms with Gasteiger partial charge in [0.1, 0.15) is 23.5 Å². The topological polar surface area (TPSA) is 93.8 Å². The molecule has 0 aliphatic heterocycles. The molecule has 0 bridgehead atoms. The van der Waals surface area contributed by atoms with E-state index in [2.05, 4.69) is 5.10 Å². The summed E-state index contributed by atoms with van der Waals surface area (Å²) in [5, 5.41) is 25.7. The monoisotopic (exact) mass is 460 g/mol. The van der Waals surface area contributed by atoms with Crippen LogP contribution in [0.15, 0.2) is 42.6 Å². The van der Waals surface area contributed by atoms with Crippen LogP contribution in [0.3, 0.4) is 0 Å². The van der Waals surface area contributed by atoms with E-state index >= 15 is 0 Å². The quantitative estimate of drug-likeness (QED) is 0.479. The largest absolute Gasteiger partial charge is 0.496 e. The minimum absolute atomic E-state index is 0.00269. The van der Waals surface area contributed by atoms with Crippen LogP contribution in [0, 0.1) is 0 Å². The standard InChI is InChI=1S/C24H26F2N2O5/c1-32-19-11-14(9-10-17(19)23(25)26)22(29)20(33-16-6-2-3-7-16)13-28-12-15-5-4-8-18(24(30)31)21(15)27-28/h4-5,8-12,16,20,22-23,29H,2-3,6-7,13H2,1H3,(H,30,31)/t20-,22+/m0/s1. The first-order valence-electron chi connectivity index (χ1n) is 10.9. The molecule has 1 aliphatic carbocycles. The van der Waals surface area contributed by atoms with Crippen molar-refractivity contribution in [2.24, 2.45) is 0 Å². The predicted octanol–water partition coefficient (Wildman–Crippen LogP) is 4.74. The van der Waals surface area contributed by atoms with Crippen molar-refractivity contribution in [3.05, 3.63) is 59.3 Å². The number of benzene rings is 2. The van der Waals surface area contributed by atoms with Gasteiger partial charge in [-0.1, -0.05) is 31.0 Å².